The molecule has 0 saturated heterocycles. The van der Waals surface area contributed by atoms with E-state index in [-0.39, 0.29) is 0 Å². The van der Waals surface area contributed by atoms with Crippen LogP contribution in [0.1, 0.15) is 49.0 Å². The van der Waals surface area contributed by atoms with Gasteiger partial charge >= 0.3 is 0 Å². The van der Waals surface area contributed by atoms with E-state index >= 15 is 0 Å². The maximum absolute atomic E-state index is 6.03. The second-order valence-electron chi connectivity index (χ2n) is 5.63. The number of rotatable bonds is 5. The Hall–Kier alpha value is -1.00. The molecule has 0 radical (unpaired) electrons. The average Bonchev–Trinajstić information content (AvgIpc) is 3.35. The highest BCUT2D eigenvalue weighted by Gasteiger charge is 2.36. The summed E-state index contributed by atoms with van der Waals surface area (Å²) < 4.78 is 2.40. The van der Waals surface area contributed by atoms with Gasteiger partial charge in [0.05, 0.1) is 0 Å². The summed E-state index contributed by atoms with van der Waals surface area (Å²) in [5.41, 5.74) is 1.24. The van der Waals surface area contributed by atoms with E-state index in [0.717, 1.165) is 15.9 Å². The molecule has 2 aliphatic carbocycles. The third kappa shape index (κ3) is 2.59. The first-order valence-corrected chi connectivity index (χ1v) is 8.49. The zero-order chi connectivity index (χ0) is 13.5. The Morgan fingerprint density at radius 2 is 2.05 bits per heavy atom. The van der Waals surface area contributed by atoms with Gasteiger partial charge in [0.2, 0.25) is 0 Å². The Balaban J connectivity index is 1.53. The lowest BCUT2D eigenvalue weighted by atomic mass is 10.2. The van der Waals surface area contributed by atoms with Crippen molar-refractivity contribution in [1.29, 1.82) is 0 Å². The molecular weight excluding hydrogens is 290 g/mol. The van der Waals surface area contributed by atoms with E-state index in [2.05, 4.69) is 20.8 Å². The molecule has 0 spiro atoms. The van der Waals surface area contributed by atoms with Gasteiger partial charge in [-0.3, -0.25) is 0 Å². The lowest BCUT2D eigenvalue weighted by Gasteiger charge is -2.08. The van der Waals surface area contributed by atoms with Crippen molar-refractivity contribution in [2.75, 3.05) is 0 Å². The van der Waals surface area contributed by atoms with Crippen molar-refractivity contribution >= 4 is 23.4 Å². The molecule has 1 heterocycles. The quantitative estimate of drug-likeness (QED) is 0.765. The minimum absolute atomic E-state index is 0.655. The van der Waals surface area contributed by atoms with Gasteiger partial charge in [-0.1, -0.05) is 35.5 Å². The summed E-state index contributed by atoms with van der Waals surface area (Å²) in [6.45, 7) is 0. The molecule has 104 valence electrons. The first-order valence-electron chi connectivity index (χ1n) is 7.13. The van der Waals surface area contributed by atoms with Crippen molar-refractivity contribution in [3.05, 3.63) is 40.7 Å². The molecule has 0 bridgehead atoms. The van der Waals surface area contributed by atoms with Gasteiger partial charge in [0.25, 0.3) is 0 Å². The average molecular weight is 306 g/mol. The molecule has 20 heavy (non-hydrogen) atoms. The molecule has 4 rings (SSSR count). The molecule has 1 aromatic carbocycles. The van der Waals surface area contributed by atoms with Gasteiger partial charge in [0.1, 0.15) is 5.82 Å². The molecule has 0 unspecified atom stereocenters. The number of aromatic nitrogens is 3. The molecule has 0 amide bonds. The maximum Gasteiger partial charge on any atom is 0.191 e. The van der Waals surface area contributed by atoms with Crippen LogP contribution in [0.4, 0.5) is 0 Å². The predicted octanol–water partition coefficient (Wildman–Crippen LogP) is 4.44. The van der Waals surface area contributed by atoms with Crippen LogP contribution in [0.15, 0.2) is 29.4 Å². The number of hydrogen-bond donors (Lipinski definition) is 0. The summed E-state index contributed by atoms with van der Waals surface area (Å²) in [5, 5.41) is 10.7. The van der Waals surface area contributed by atoms with Gasteiger partial charge in [-0.2, -0.15) is 0 Å². The minimum Gasteiger partial charge on any atom is -0.303 e. The van der Waals surface area contributed by atoms with E-state index < -0.39 is 0 Å². The fourth-order valence-corrected chi connectivity index (χ4v) is 3.63. The largest absolute Gasteiger partial charge is 0.303 e. The van der Waals surface area contributed by atoms with E-state index in [0.29, 0.717) is 12.0 Å². The fraction of sp³-hybridized carbons (Fsp3) is 0.467. The zero-order valence-corrected chi connectivity index (χ0v) is 12.7. The van der Waals surface area contributed by atoms with Gasteiger partial charge in [-0.15, -0.1) is 10.2 Å². The molecule has 0 aliphatic heterocycles. The first-order chi connectivity index (χ1) is 9.81. The Kier molecular flexibility index (Phi) is 3.23. The van der Waals surface area contributed by atoms with E-state index in [1.54, 1.807) is 11.8 Å². The topological polar surface area (TPSA) is 30.7 Å². The maximum atomic E-state index is 6.03. The second kappa shape index (κ2) is 5.08. The van der Waals surface area contributed by atoms with Crippen molar-refractivity contribution in [1.82, 2.24) is 14.8 Å². The van der Waals surface area contributed by atoms with Gasteiger partial charge in [0.15, 0.2) is 5.16 Å². The number of benzene rings is 1. The summed E-state index contributed by atoms with van der Waals surface area (Å²) in [6.07, 6.45) is 5.12. The second-order valence-corrected chi connectivity index (χ2v) is 7.01. The summed E-state index contributed by atoms with van der Waals surface area (Å²) in [6, 6.07) is 8.70. The van der Waals surface area contributed by atoms with E-state index in [9.17, 15) is 0 Å². The number of nitrogens with zero attached hydrogens (tertiary/aromatic N) is 3. The van der Waals surface area contributed by atoms with Crippen LogP contribution in [-0.2, 0) is 5.75 Å². The predicted molar refractivity (Wildman–Crippen MR) is 81.3 cm³/mol. The van der Waals surface area contributed by atoms with E-state index in [1.807, 2.05) is 18.2 Å². The minimum atomic E-state index is 0.655. The molecule has 5 heteroatoms. The van der Waals surface area contributed by atoms with Crippen molar-refractivity contribution in [3.63, 3.8) is 0 Å². The number of thioether (sulfide) groups is 1. The van der Waals surface area contributed by atoms with Crippen LogP contribution in [0.2, 0.25) is 5.02 Å². The Morgan fingerprint density at radius 3 is 2.75 bits per heavy atom. The molecule has 2 aliphatic rings. The van der Waals surface area contributed by atoms with Crippen LogP contribution < -0.4 is 0 Å². The molecule has 2 fully saturated rings. The van der Waals surface area contributed by atoms with Gasteiger partial charge in [0, 0.05) is 22.7 Å². The standard InChI is InChI=1S/C15H16ClN3S/c16-12-3-1-2-10(8-12)9-20-15-18-17-14(11-4-5-11)19(15)13-6-7-13/h1-3,8,11,13H,4-7,9H2. The van der Waals surface area contributed by atoms with Crippen molar-refractivity contribution in [3.8, 4) is 0 Å². The van der Waals surface area contributed by atoms with Gasteiger partial charge < -0.3 is 4.57 Å². The summed E-state index contributed by atoms with van der Waals surface area (Å²) >= 11 is 7.80. The van der Waals surface area contributed by atoms with Gasteiger partial charge in [-0.05, 0) is 43.4 Å². The lowest BCUT2D eigenvalue weighted by Crippen LogP contribution is -2.01. The lowest BCUT2D eigenvalue weighted by molar-refractivity contribution is 0.627. The Morgan fingerprint density at radius 1 is 1.20 bits per heavy atom. The molecule has 0 atom stereocenters. The highest BCUT2D eigenvalue weighted by atomic mass is 35.5. The van der Waals surface area contributed by atoms with Crippen molar-refractivity contribution in [2.45, 2.75) is 48.6 Å². The molecule has 1 aromatic heterocycles. The SMILES string of the molecule is Clc1cccc(CSc2nnc(C3CC3)n2C2CC2)c1. The number of halogens is 1. The monoisotopic (exact) mass is 305 g/mol. The van der Waals surface area contributed by atoms with Crippen molar-refractivity contribution in [2.24, 2.45) is 0 Å². The van der Waals surface area contributed by atoms with Crippen molar-refractivity contribution < 1.29 is 0 Å². The molecule has 0 N–H and O–H groups in total. The molecule has 2 aromatic rings. The Labute approximate surface area is 127 Å². The van der Waals surface area contributed by atoms with Crippen LogP contribution in [-0.4, -0.2) is 14.8 Å². The molecule has 2 saturated carbocycles. The van der Waals surface area contributed by atoms with Crippen LogP contribution in [0.5, 0.6) is 0 Å². The Bertz CT molecular complexity index is 632. The summed E-state index contributed by atoms with van der Waals surface area (Å²) in [7, 11) is 0. The van der Waals surface area contributed by atoms with E-state index in [1.165, 1.54) is 37.1 Å². The van der Waals surface area contributed by atoms with Crippen LogP contribution in [0.3, 0.4) is 0 Å². The third-order valence-electron chi connectivity index (χ3n) is 3.80. The van der Waals surface area contributed by atoms with Crippen LogP contribution >= 0.6 is 23.4 Å². The molecule has 3 nitrogen and oxygen atoms in total. The third-order valence-corrected chi connectivity index (χ3v) is 5.05. The highest BCUT2D eigenvalue weighted by molar-refractivity contribution is 7.98. The van der Waals surface area contributed by atoms with E-state index in [4.69, 9.17) is 11.6 Å². The fourth-order valence-electron chi connectivity index (χ4n) is 2.46. The molecular formula is C15H16ClN3S. The normalized spacial score (nSPS) is 18.4. The highest BCUT2D eigenvalue weighted by Crippen LogP contribution is 2.46. The van der Waals surface area contributed by atoms with Crippen LogP contribution in [0, 0.1) is 0 Å². The summed E-state index contributed by atoms with van der Waals surface area (Å²) in [5.74, 6) is 2.79. The number of hydrogen-bond acceptors (Lipinski definition) is 3. The zero-order valence-electron chi connectivity index (χ0n) is 11.1. The van der Waals surface area contributed by atoms with Gasteiger partial charge in [-0.25, -0.2) is 0 Å². The summed E-state index contributed by atoms with van der Waals surface area (Å²) in [4.78, 5) is 0. The van der Waals surface area contributed by atoms with Crippen LogP contribution in [0.25, 0.3) is 0 Å². The first kappa shape index (κ1) is 12.7. The smallest absolute Gasteiger partial charge is 0.191 e.